The second-order valence-electron chi connectivity index (χ2n) is 16.8. The maximum absolute atomic E-state index is 13.1. The summed E-state index contributed by atoms with van der Waals surface area (Å²) in [5.41, 5.74) is 3.21. The van der Waals surface area contributed by atoms with Crippen LogP contribution >= 0.6 is 11.3 Å². The second kappa shape index (κ2) is 31.5. The van der Waals surface area contributed by atoms with E-state index in [0.717, 1.165) is 42.9 Å². The third-order valence-corrected chi connectivity index (χ3v) is 12.3. The van der Waals surface area contributed by atoms with E-state index in [1.807, 2.05) is 56.3 Å². The Kier molecular flexibility index (Phi) is 24.7. The van der Waals surface area contributed by atoms with E-state index in [2.05, 4.69) is 41.5 Å². The van der Waals surface area contributed by atoms with Crippen LogP contribution in [0.5, 0.6) is 5.75 Å². The molecular weight excluding hydrogens is 989 g/mol. The Balaban J connectivity index is 0.000000275. The second-order valence-corrected chi connectivity index (χ2v) is 17.7. The number of nitrogens with one attached hydrogen (secondary N) is 5. The van der Waals surface area contributed by atoms with Gasteiger partial charge in [0.2, 0.25) is 24.1 Å². The lowest BCUT2D eigenvalue weighted by atomic mass is 10.0. The molecule has 2 fully saturated rings. The SMILES string of the molecule is CC.CCOc1cc(C(=O)Nc2nc(-c3ccccn3)cs2)cc(C(=O)N2CCN(C)CC2)c1.O=CNCCOCCOCCOCC(=O)NCCCCCNc1cccc2c1C(=O)N(C1CCC(=O)NC1=O)C2=O. The monoisotopic (exact) mass is 1060 g/mol. The summed E-state index contributed by atoms with van der Waals surface area (Å²) in [6, 6.07) is 14.5. The number of imide groups is 2. The van der Waals surface area contributed by atoms with Crippen LogP contribution in [0.25, 0.3) is 11.4 Å². The van der Waals surface area contributed by atoms with Gasteiger partial charge in [-0.3, -0.25) is 58.9 Å². The van der Waals surface area contributed by atoms with E-state index in [0.29, 0.717) is 106 Å². The fraction of sp³-hybridized carbons (Fsp3) is 0.462. The number of pyridine rings is 1. The Labute approximate surface area is 440 Å². The summed E-state index contributed by atoms with van der Waals surface area (Å²) in [5, 5.41) is 15.8. The van der Waals surface area contributed by atoms with Crippen molar-refractivity contribution < 1.29 is 57.3 Å². The molecule has 8 amide bonds. The first-order valence-corrected chi connectivity index (χ1v) is 26.0. The highest BCUT2D eigenvalue weighted by atomic mass is 32.1. The number of hydrogen-bond acceptors (Lipinski definition) is 17. The Morgan fingerprint density at radius 1 is 0.827 bits per heavy atom. The molecule has 0 radical (unpaired) electrons. The summed E-state index contributed by atoms with van der Waals surface area (Å²) in [7, 11) is 2.04. The minimum Gasteiger partial charge on any atom is -0.494 e. The Bertz CT molecular complexity index is 2540. The van der Waals surface area contributed by atoms with Crippen LogP contribution in [-0.2, 0) is 33.4 Å². The fourth-order valence-corrected chi connectivity index (χ4v) is 8.51. The number of amides is 8. The first-order chi connectivity index (χ1) is 36.5. The normalized spacial score (nSPS) is 15.1. The molecule has 1 atom stereocenters. The van der Waals surface area contributed by atoms with E-state index in [1.165, 1.54) is 11.3 Å². The third kappa shape index (κ3) is 18.0. The van der Waals surface area contributed by atoms with E-state index in [1.54, 1.807) is 42.6 Å². The number of thiazole rings is 1. The van der Waals surface area contributed by atoms with Crippen LogP contribution in [0, 0.1) is 0 Å². The van der Waals surface area contributed by atoms with Gasteiger partial charge in [-0.05, 0) is 82.1 Å². The smallest absolute Gasteiger partial charge is 0.264 e. The van der Waals surface area contributed by atoms with Gasteiger partial charge in [0.05, 0.1) is 56.5 Å². The van der Waals surface area contributed by atoms with Gasteiger partial charge in [-0.25, -0.2) is 4.98 Å². The van der Waals surface area contributed by atoms with Crippen LogP contribution in [0.2, 0.25) is 0 Å². The van der Waals surface area contributed by atoms with Crippen LogP contribution in [0.1, 0.15) is 94.3 Å². The lowest BCUT2D eigenvalue weighted by Crippen LogP contribution is -2.54. The molecule has 0 aliphatic carbocycles. The standard InChI is InChI=1S/C27H37N5O9.C23H25N5O3S.C2H6/c33-18-28-11-12-39-13-14-40-15-16-41-17-23(35)30-10-3-1-2-9-29-20-6-4-5-19-24(20)27(38)32(26(19)37)21-7-8-22(34)31-25(21)36;1-3-31-18-13-16(12-17(14-18)22(30)28-10-8-27(2)9-11-28)21(29)26-23-25-20(15-32-23)19-6-4-5-7-24-19;1-2/h4-6,18,21,29H,1-3,7-17H2,(H,28,33)(H,30,35)(H,31,34,36);4-7,12-15H,3,8-11H2,1-2H3,(H,25,26,29);1-2H3. The molecule has 22 nitrogen and oxygen atoms in total. The predicted octanol–water partition coefficient (Wildman–Crippen LogP) is 3.85. The number of fused-ring (bicyclic) bond motifs is 1. The largest absolute Gasteiger partial charge is 0.494 e. The van der Waals surface area contributed by atoms with Crippen molar-refractivity contribution in [1.82, 2.24) is 40.6 Å². The lowest BCUT2D eigenvalue weighted by molar-refractivity contribution is -0.136. The van der Waals surface area contributed by atoms with Gasteiger partial charge in [0.25, 0.3) is 23.6 Å². The van der Waals surface area contributed by atoms with Crippen LogP contribution in [-0.4, -0.2) is 178 Å². The summed E-state index contributed by atoms with van der Waals surface area (Å²) in [5.74, 6) is -2.31. The molecule has 2 saturated heterocycles. The van der Waals surface area contributed by atoms with E-state index < -0.39 is 29.7 Å². The summed E-state index contributed by atoms with van der Waals surface area (Å²) >= 11 is 1.32. The van der Waals surface area contributed by atoms with Gasteiger partial charge >= 0.3 is 0 Å². The van der Waals surface area contributed by atoms with Gasteiger partial charge in [-0.15, -0.1) is 11.3 Å². The number of nitrogens with zero attached hydrogens (tertiary/aromatic N) is 5. The number of carbonyl (C=O) groups is 8. The zero-order chi connectivity index (χ0) is 54.0. The number of piperazine rings is 1. The summed E-state index contributed by atoms with van der Waals surface area (Å²) < 4.78 is 21.5. The molecule has 75 heavy (non-hydrogen) atoms. The number of ether oxygens (including phenoxy) is 4. The maximum atomic E-state index is 13.1. The number of carbonyl (C=O) groups excluding carboxylic acids is 8. The minimum atomic E-state index is -1.00. The van der Waals surface area contributed by atoms with E-state index in [-0.39, 0.29) is 54.9 Å². The first-order valence-electron chi connectivity index (χ1n) is 25.2. The molecule has 0 spiro atoms. The van der Waals surface area contributed by atoms with Crippen molar-refractivity contribution in [1.29, 1.82) is 0 Å². The number of likely N-dealkylation sites (N-methyl/N-ethyl adjacent to an activating group) is 1. The Morgan fingerprint density at radius 2 is 1.56 bits per heavy atom. The zero-order valence-corrected chi connectivity index (χ0v) is 43.8. The summed E-state index contributed by atoms with van der Waals surface area (Å²) in [6.07, 6.45) is 4.83. The molecule has 0 saturated carbocycles. The van der Waals surface area contributed by atoms with Gasteiger partial charge < -0.3 is 44.7 Å². The van der Waals surface area contributed by atoms with E-state index in [4.69, 9.17) is 18.9 Å². The number of rotatable bonds is 26. The molecule has 2 aromatic heterocycles. The number of hydrogen-bond donors (Lipinski definition) is 5. The molecule has 3 aliphatic rings. The van der Waals surface area contributed by atoms with Gasteiger partial charge in [0.15, 0.2) is 5.13 Å². The summed E-state index contributed by atoms with van der Waals surface area (Å²) in [6.45, 7) is 12.6. The van der Waals surface area contributed by atoms with E-state index >= 15 is 0 Å². The van der Waals surface area contributed by atoms with Crippen LogP contribution in [0.3, 0.4) is 0 Å². The Hall–Kier alpha value is -7.18. The van der Waals surface area contributed by atoms with Crippen LogP contribution < -0.4 is 31.3 Å². The minimum absolute atomic E-state index is 0.0551. The van der Waals surface area contributed by atoms with Gasteiger partial charge in [0.1, 0.15) is 24.1 Å². The molecular formula is C52H68N10O12S. The Morgan fingerprint density at radius 3 is 2.28 bits per heavy atom. The highest BCUT2D eigenvalue weighted by molar-refractivity contribution is 7.14. The molecule has 3 aliphatic heterocycles. The first kappa shape index (κ1) is 58.7. The molecule has 5 N–H and O–H groups in total. The third-order valence-electron chi connectivity index (χ3n) is 11.6. The fourth-order valence-electron chi connectivity index (χ4n) is 7.81. The highest BCUT2D eigenvalue weighted by Crippen LogP contribution is 2.32. The topological polar surface area (TPSA) is 269 Å². The molecule has 404 valence electrons. The quantitative estimate of drug-likeness (QED) is 0.0340. The molecule has 0 bridgehead atoms. The maximum Gasteiger partial charge on any atom is 0.264 e. The van der Waals surface area contributed by atoms with Crippen molar-refractivity contribution in [2.75, 3.05) is 110 Å². The number of aromatic nitrogens is 2. The molecule has 5 heterocycles. The summed E-state index contributed by atoms with van der Waals surface area (Å²) in [4.78, 5) is 111. The van der Waals surface area contributed by atoms with E-state index in [9.17, 15) is 38.4 Å². The van der Waals surface area contributed by atoms with Crippen molar-refractivity contribution >= 4 is 69.9 Å². The van der Waals surface area contributed by atoms with Crippen molar-refractivity contribution in [3.63, 3.8) is 0 Å². The lowest BCUT2D eigenvalue weighted by Gasteiger charge is -2.32. The van der Waals surface area contributed by atoms with Crippen molar-refractivity contribution in [2.24, 2.45) is 0 Å². The molecule has 23 heteroatoms. The highest BCUT2D eigenvalue weighted by Gasteiger charge is 2.45. The van der Waals surface area contributed by atoms with Crippen molar-refractivity contribution in [3.8, 4) is 17.1 Å². The molecule has 2 aromatic carbocycles. The molecule has 7 rings (SSSR count). The number of benzene rings is 2. The molecule has 4 aromatic rings. The number of unbranched alkanes of at least 4 members (excludes halogenated alkanes) is 2. The van der Waals surface area contributed by atoms with Crippen molar-refractivity contribution in [2.45, 2.75) is 58.9 Å². The average Bonchev–Trinajstić information content (AvgIpc) is 3.99. The van der Waals surface area contributed by atoms with Crippen LogP contribution in [0.15, 0.2) is 66.2 Å². The van der Waals surface area contributed by atoms with Gasteiger partial charge in [-0.1, -0.05) is 26.0 Å². The average molecular weight is 1060 g/mol. The van der Waals surface area contributed by atoms with Crippen LogP contribution in [0.4, 0.5) is 10.8 Å². The molecule has 1 unspecified atom stereocenters. The number of anilines is 2. The van der Waals surface area contributed by atoms with Gasteiger partial charge in [0, 0.05) is 80.6 Å². The predicted molar refractivity (Wildman–Crippen MR) is 281 cm³/mol. The zero-order valence-electron chi connectivity index (χ0n) is 43.0. The van der Waals surface area contributed by atoms with Crippen molar-refractivity contribution in [3.05, 3.63) is 88.4 Å². The van der Waals surface area contributed by atoms with Gasteiger partial charge in [-0.2, -0.15) is 0 Å². The number of piperidine rings is 1.